The number of primary amides is 1. The average molecular weight is 437 g/mol. The van der Waals surface area contributed by atoms with E-state index in [0.717, 1.165) is 37.9 Å². The first-order valence-electron chi connectivity index (χ1n) is 10.9. The zero-order chi connectivity index (χ0) is 22.5. The summed E-state index contributed by atoms with van der Waals surface area (Å²) in [6.45, 7) is 2.73. The van der Waals surface area contributed by atoms with Crippen molar-refractivity contribution in [1.82, 2.24) is 14.9 Å². The lowest BCUT2D eigenvalue weighted by Gasteiger charge is -2.22. The molecule has 0 aliphatic carbocycles. The number of nitrogens with one attached hydrogen (secondary N) is 1. The summed E-state index contributed by atoms with van der Waals surface area (Å²) < 4.78 is 12.6. The molecule has 0 saturated carbocycles. The first kappa shape index (κ1) is 21.8. The monoisotopic (exact) mass is 436 g/mol. The highest BCUT2D eigenvalue weighted by atomic mass is 16.5. The van der Waals surface area contributed by atoms with Gasteiger partial charge in [0.25, 0.3) is 11.5 Å². The van der Waals surface area contributed by atoms with Crippen LogP contribution in [0.1, 0.15) is 35.4 Å². The molecule has 1 saturated heterocycles. The van der Waals surface area contributed by atoms with Crippen molar-refractivity contribution >= 4 is 16.8 Å². The molecule has 8 heteroatoms. The van der Waals surface area contributed by atoms with Crippen LogP contribution in [0.2, 0.25) is 0 Å². The molecular formula is C24H28N4O4. The van der Waals surface area contributed by atoms with Crippen molar-refractivity contribution in [3.05, 3.63) is 64.2 Å². The molecule has 3 aromatic rings. The fourth-order valence-corrected chi connectivity index (χ4v) is 4.15. The quantitative estimate of drug-likeness (QED) is 0.561. The van der Waals surface area contributed by atoms with Crippen molar-refractivity contribution in [3.8, 4) is 11.5 Å². The SMILES string of the molecule is COc1cccc(Cn2c(C(N)=O)nc3cccc(OCCC4CCNCC4)c3c2=O)c1. The van der Waals surface area contributed by atoms with E-state index in [-0.39, 0.29) is 17.9 Å². The van der Waals surface area contributed by atoms with Gasteiger partial charge in [0.05, 0.1) is 25.8 Å². The third kappa shape index (κ3) is 4.75. The minimum atomic E-state index is -0.760. The fraction of sp³-hybridized carbons (Fsp3) is 0.375. The van der Waals surface area contributed by atoms with Gasteiger partial charge >= 0.3 is 0 Å². The number of hydrogen-bond acceptors (Lipinski definition) is 6. The Morgan fingerprint density at radius 1 is 1.22 bits per heavy atom. The number of carbonyl (C=O) groups excluding carboxylic acids is 1. The Bertz CT molecular complexity index is 1170. The highest BCUT2D eigenvalue weighted by molar-refractivity contribution is 5.93. The number of amides is 1. The van der Waals surface area contributed by atoms with E-state index in [4.69, 9.17) is 15.2 Å². The molecule has 168 valence electrons. The van der Waals surface area contributed by atoms with Crippen LogP contribution in [0.15, 0.2) is 47.3 Å². The maximum Gasteiger partial charge on any atom is 0.284 e. The van der Waals surface area contributed by atoms with Gasteiger partial charge in [0, 0.05) is 0 Å². The first-order chi connectivity index (χ1) is 15.6. The van der Waals surface area contributed by atoms with E-state index in [2.05, 4.69) is 10.3 Å². The number of methoxy groups -OCH3 is 1. The molecule has 2 heterocycles. The summed E-state index contributed by atoms with van der Waals surface area (Å²) in [6.07, 6.45) is 3.20. The van der Waals surface area contributed by atoms with Crippen LogP contribution in [0, 0.1) is 5.92 Å². The summed E-state index contributed by atoms with van der Waals surface area (Å²) >= 11 is 0. The van der Waals surface area contributed by atoms with E-state index in [9.17, 15) is 9.59 Å². The summed E-state index contributed by atoms with van der Waals surface area (Å²) in [6, 6.07) is 12.5. The number of hydrogen-bond donors (Lipinski definition) is 2. The van der Waals surface area contributed by atoms with Crippen LogP contribution in [0.5, 0.6) is 11.5 Å². The van der Waals surface area contributed by atoms with Gasteiger partial charge in [-0.2, -0.15) is 0 Å². The molecule has 0 atom stereocenters. The van der Waals surface area contributed by atoms with Crippen molar-refractivity contribution in [3.63, 3.8) is 0 Å². The van der Waals surface area contributed by atoms with Crippen LogP contribution < -0.4 is 26.1 Å². The summed E-state index contributed by atoms with van der Waals surface area (Å²) in [7, 11) is 1.57. The molecule has 8 nitrogen and oxygen atoms in total. The van der Waals surface area contributed by atoms with Gasteiger partial charge in [0.1, 0.15) is 16.9 Å². The first-order valence-corrected chi connectivity index (χ1v) is 10.9. The molecule has 0 spiro atoms. The van der Waals surface area contributed by atoms with Gasteiger partial charge in [0.15, 0.2) is 0 Å². The molecule has 1 aliphatic rings. The highest BCUT2D eigenvalue weighted by Gasteiger charge is 2.19. The Hall–Kier alpha value is -3.39. The molecule has 2 aromatic carbocycles. The second-order valence-corrected chi connectivity index (χ2v) is 8.02. The largest absolute Gasteiger partial charge is 0.497 e. The van der Waals surface area contributed by atoms with E-state index < -0.39 is 5.91 Å². The maximum atomic E-state index is 13.5. The number of aromatic nitrogens is 2. The predicted molar refractivity (Wildman–Crippen MR) is 122 cm³/mol. The number of piperidine rings is 1. The summed E-state index contributed by atoms with van der Waals surface area (Å²) in [5.74, 6) is 0.910. The van der Waals surface area contributed by atoms with Crippen molar-refractivity contribution in [1.29, 1.82) is 0 Å². The molecule has 4 rings (SSSR count). The van der Waals surface area contributed by atoms with Gasteiger partial charge in [0.2, 0.25) is 5.82 Å². The number of ether oxygens (including phenoxy) is 2. The number of nitrogens with two attached hydrogens (primary N) is 1. The Morgan fingerprint density at radius 2 is 2.00 bits per heavy atom. The van der Waals surface area contributed by atoms with Crippen LogP contribution >= 0.6 is 0 Å². The molecule has 0 radical (unpaired) electrons. The number of carbonyl (C=O) groups is 1. The van der Waals surface area contributed by atoms with E-state index in [1.54, 1.807) is 25.3 Å². The predicted octanol–water partition coefficient (Wildman–Crippen LogP) is 2.32. The molecule has 3 N–H and O–H groups in total. The molecule has 1 aromatic heterocycles. The topological polar surface area (TPSA) is 108 Å². The Labute approximate surface area is 186 Å². The second kappa shape index (κ2) is 9.82. The Morgan fingerprint density at radius 3 is 2.75 bits per heavy atom. The molecule has 32 heavy (non-hydrogen) atoms. The van der Waals surface area contributed by atoms with Gasteiger partial charge < -0.3 is 20.5 Å². The standard InChI is InChI=1S/C24H28N4O4/c1-31-18-5-2-4-17(14-18)15-28-23(22(25)29)27-19-6-3-7-20(21(19)24(28)30)32-13-10-16-8-11-26-12-9-16/h2-7,14,16,26H,8-13,15H2,1H3,(H2,25,29). The maximum absolute atomic E-state index is 13.5. The van der Waals surface area contributed by atoms with Crippen molar-refractivity contribution in [2.45, 2.75) is 25.8 Å². The Kier molecular flexibility index (Phi) is 6.70. The van der Waals surface area contributed by atoms with Crippen LogP contribution in [0.25, 0.3) is 10.9 Å². The van der Waals surface area contributed by atoms with Crippen molar-refractivity contribution in [2.75, 3.05) is 26.8 Å². The minimum absolute atomic E-state index is 0.0859. The lowest BCUT2D eigenvalue weighted by Crippen LogP contribution is -2.31. The summed E-state index contributed by atoms with van der Waals surface area (Å²) in [5.41, 5.74) is 6.39. The van der Waals surface area contributed by atoms with Crippen molar-refractivity contribution in [2.24, 2.45) is 11.7 Å². The fourth-order valence-electron chi connectivity index (χ4n) is 4.15. The van der Waals surface area contributed by atoms with Gasteiger partial charge in [-0.25, -0.2) is 4.98 Å². The average Bonchev–Trinajstić information content (AvgIpc) is 2.81. The number of benzene rings is 2. The zero-order valence-corrected chi connectivity index (χ0v) is 18.2. The van der Waals surface area contributed by atoms with Crippen LogP contribution in [-0.4, -0.2) is 42.3 Å². The summed E-state index contributed by atoms with van der Waals surface area (Å²) in [5, 5.41) is 3.72. The zero-order valence-electron chi connectivity index (χ0n) is 18.2. The Balaban J connectivity index is 1.68. The van der Waals surface area contributed by atoms with E-state index in [1.165, 1.54) is 4.57 Å². The number of rotatable bonds is 8. The molecule has 0 unspecified atom stereocenters. The molecule has 1 aliphatic heterocycles. The number of fused-ring (bicyclic) bond motifs is 1. The number of nitrogens with zero attached hydrogens (tertiary/aromatic N) is 2. The lowest BCUT2D eigenvalue weighted by atomic mass is 9.95. The molecule has 0 bridgehead atoms. The molecule has 1 amide bonds. The van der Waals surface area contributed by atoms with Gasteiger partial charge in [-0.1, -0.05) is 18.2 Å². The smallest absolute Gasteiger partial charge is 0.284 e. The molecular weight excluding hydrogens is 408 g/mol. The van der Waals surface area contributed by atoms with E-state index in [0.29, 0.717) is 34.9 Å². The minimum Gasteiger partial charge on any atom is -0.497 e. The highest BCUT2D eigenvalue weighted by Crippen LogP contribution is 2.24. The lowest BCUT2D eigenvalue weighted by molar-refractivity contribution is 0.0985. The third-order valence-electron chi connectivity index (χ3n) is 5.88. The third-order valence-corrected chi connectivity index (χ3v) is 5.88. The van der Waals surface area contributed by atoms with Gasteiger partial charge in [-0.3, -0.25) is 14.2 Å². The van der Waals surface area contributed by atoms with Crippen LogP contribution in [0.4, 0.5) is 0 Å². The summed E-state index contributed by atoms with van der Waals surface area (Å²) in [4.78, 5) is 30.0. The van der Waals surface area contributed by atoms with Gasteiger partial charge in [-0.05, 0) is 68.1 Å². The van der Waals surface area contributed by atoms with Crippen LogP contribution in [-0.2, 0) is 6.54 Å². The normalized spacial score (nSPS) is 14.4. The van der Waals surface area contributed by atoms with E-state index in [1.807, 2.05) is 24.3 Å². The van der Waals surface area contributed by atoms with Crippen LogP contribution in [0.3, 0.4) is 0 Å². The second-order valence-electron chi connectivity index (χ2n) is 8.02. The molecule has 1 fully saturated rings. The van der Waals surface area contributed by atoms with Gasteiger partial charge in [-0.15, -0.1) is 0 Å². The van der Waals surface area contributed by atoms with Crippen molar-refractivity contribution < 1.29 is 14.3 Å². The van der Waals surface area contributed by atoms with E-state index >= 15 is 0 Å².